The molecule has 1 spiro atoms. The summed E-state index contributed by atoms with van der Waals surface area (Å²) >= 11 is 0. The Balaban J connectivity index is 1.56. The second-order valence-corrected chi connectivity index (χ2v) is 23.4. The number of aromatic hydroxyl groups is 1. The van der Waals surface area contributed by atoms with Crippen LogP contribution in [-0.2, 0) is 22.7 Å². The molecule has 4 aliphatic rings. The Morgan fingerprint density at radius 1 is 0.964 bits per heavy atom. The number of methoxy groups -OCH3 is 1. The third-order valence-corrected chi connectivity index (χ3v) is 18.5. The number of carbonyl (C=O) groups excluding carboxylic acids is 2. The Hall–Kier alpha value is -3.71. The zero-order chi connectivity index (χ0) is 41.0. The standard InChI is InChI=1S/C44H59NO10Si/c1-12-14-19-52-26-21-27(51-9)34-29-25(22-42(34)24(3)17-16-18-41(42,7)8)30-33(35(46)31(26)29)37(48)44(50)38(55-56(10,11)40(4,5)6)32-28(23-43(44,49)36(30)47)54-45-39(32)53-20-15-13-2/h17,21,38,46,49-50H,12-16,18-20,22-23H2,1-11H3/t38-,42+,43+,44+/m1/s1. The van der Waals surface area contributed by atoms with Crippen molar-refractivity contribution in [3.63, 3.8) is 0 Å². The maximum absolute atomic E-state index is 15.6. The number of hydrogen-bond acceptors (Lipinski definition) is 11. The van der Waals surface area contributed by atoms with Crippen molar-refractivity contribution < 1.29 is 48.1 Å². The molecule has 7 rings (SSSR count). The molecule has 0 unspecified atom stereocenters. The zero-order valence-electron chi connectivity index (χ0n) is 34.9. The van der Waals surface area contributed by atoms with Gasteiger partial charge in [-0.15, -0.1) is 0 Å². The Labute approximate surface area is 330 Å². The Morgan fingerprint density at radius 3 is 2.23 bits per heavy atom. The van der Waals surface area contributed by atoms with Crippen molar-refractivity contribution in [3.8, 4) is 23.1 Å². The predicted octanol–water partition coefficient (Wildman–Crippen LogP) is 8.62. The lowest BCUT2D eigenvalue weighted by Gasteiger charge is -2.53. The molecule has 2 aromatic carbocycles. The van der Waals surface area contributed by atoms with Crippen LogP contribution in [0.5, 0.6) is 23.1 Å². The second kappa shape index (κ2) is 13.4. The quantitative estimate of drug-likeness (QED) is 0.0971. The largest absolute Gasteiger partial charge is 0.506 e. The number of aromatic nitrogens is 1. The van der Waals surface area contributed by atoms with E-state index in [0.717, 1.165) is 43.2 Å². The van der Waals surface area contributed by atoms with Crippen molar-refractivity contribution in [1.29, 1.82) is 0 Å². The minimum Gasteiger partial charge on any atom is -0.506 e. The van der Waals surface area contributed by atoms with E-state index in [4.69, 9.17) is 23.2 Å². The Bertz CT molecular complexity index is 2160. The average molecular weight is 790 g/mol. The van der Waals surface area contributed by atoms with Gasteiger partial charge >= 0.3 is 0 Å². The molecule has 1 aromatic heterocycles. The van der Waals surface area contributed by atoms with Crippen molar-refractivity contribution >= 4 is 30.7 Å². The summed E-state index contributed by atoms with van der Waals surface area (Å²) in [4.78, 5) is 31.2. The number of fused-ring (bicyclic) bond motifs is 5. The van der Waals surface area contributed by atoms with Crippen LogP contribution in [0.1, 0.15) is 143 Å². The molecule has 0 fully saturated rings. The number of ketones is 2. The number of ether oxygens (including phenoxy) is 3. The smallest absolute Gasteiger partial charge is 0.260 e. The molecule has 3 aromatic rings. The highest BCUT2D eigenvalue weighted by Gasteiger charge is 2.73. The Morgan fingerprint density at radius 2 is 1.62 bits per heavy atom. The van der Waals surface area contributed by atoms with E-state index in [0.29, 0.717) is 41.9 Å². The molecule has 4 atom stereocenters. The minimum absolute atomic E-state index is 0.0344. The van der Waals surface area contributed by atoms with Gasteiger partial charge in [-0.2, -0.15) is 0 Å². The van der Waals surface area contributed by atoms with E-state index in [-0.39, 0.29) is 45.7 Å². The van der Waals surface area contributed by atoms with E-state index in [1.807, 2.05) is 40.8 Å². The monoisotopic (exact) mass is 789 g/mol. The van der Waals surface area contributed by atoms with E-state index >= 15 is 9.59 Å². The van der Waals surface area contributed by atoms with Gasteiger partial charge in [0.25, 0.3) is 5.88 Å². The third-order valence-electron chi connectivity index (χ3n) is 14.1. The molecule has 11 nitrogen and oxygen atoms in total. The number of nitrogens with zero attached hydrogens (tertiary/aromatic N) is 1. The maximum atomic E-state index is 15.6. The first-order valence-electron chi connectivity index (χ1n) is 20.3. The zero-order valence-corrected chi connectivity index (χ0v) is 35.9. The summed E-state index contributed by atoms with van der Waals surface area (Å²) in [6.45, 7) is 21.1. The van der Waals surface area contributed by atoms with Gasteiger partial charge in [0.05, 0.1) is 36.8 Å². The number of rotatable bonds is 11. The van der Waals surface area contributed by atoms with Crippen LogP contribution < -0.4 is 14.2 Å². The average Bonchev–Trinajstić information content (AvgIpc) is 3.69. The number of unbranched alkanes of at least 4 members (excludes halogenated alkanes) is 2. The summed E-state index contributed by atoms with van der Waals surface area (Å²) in [6.07, 6.45) is 5.20. The van der Waals surface area contributed by atoms with Gasteiger partial charge in [-0.3, -0.25) is 9.59 Å². The minimum atomic E-state index is -2.91. The predicted molar refractivity (Wildman–Crippen MR) is 215 cm³/mol. The highest BCUT2D eigenvalue weighted by Crippen LogP contribution is 2.66. The number of phenols is 1. The summed E-state index contributed by atoms with van der Waals surface area (Å²) in [7, 11) is -1.31. The number of Topliss-reactive ketones (excluding diaryl/α,β-unsaturated/α-hetero) is 2. The lowest BCUT2D eigenvalue weighted by molar-refractivity contribution is -0.161. The number of carbonyl (C=O) groups is 2. The molecule has 56 heavy (non-hydrogen) atoms. The van der Waals surface area contributed by atoms with Gasteiger partial charge < -0.3 is 38.5 Å². The molecule has 0 radical (unpaired) electrons. The molecule has 0 aliphatic heterocycles. The number of hydrogen-bond donors (Lipinski definition) is 3. The summed E-state index contributed by atoms with van der Waals surface area (Å²) in [6, 6.07) is 1.78. The summed E-state index contributed by atoms with van der Waals surface area (Å²) in [5.41, 5.74) is -4.57. The lowest BCUT2D eigenvalue weighted by atomic mass is 9.54. The third kappa shape index (κ3) is 5.27. The molecule has 0 bridgehead atoms. The van der Waals surface area contributed by atoms with Gasteiger partial charge in [0.2, 0.25) is 5.78 Å². The van der Waals surface area contributed by atoms with Gasteiger partial charge in [-0.05, 0) is 73.3 Å². The van der Waals surface area contributed by atoms with Crippen molar-refractivity contribution in [3.05, 3.63) is 51.3 Å². The number of allylic oxidation sites excluding steroid dienone is 2. The SMILES string of the molecule is CCCCOc1noc2c1[C@@H](O[Si](C)(C)C(C)(C)C)[C@@]1(O)C(=O)c3c(c4c5c(c(OC)cc(OCCCC)c5c3O)[C@]3(C4)C(C)=CCCC3(C)C)C(=O)[C@@]1(O)C2. The van der Waals surface area contributed by atoms with Crippen LogP contribution in [-0.4, -0.2) is 71.9 Å². The second-order valence-electron chi connectivity index (χ2n) is 18.6. The first kappa shape index (κ1) is 40.5. The molecule has 4 aliphatic carbocycles. The van der Waals surface area contributed by atoms with Crippen LogP contribution in [0.2, 0.25) is 18.1 Å². The highest BCUT2D eigenvalue weighted by molar-refractivity contribution is 6.74. The summed E-state index contributed by atoms with van der Waals surface area (Å²) in [5.74, 6) is -1.41. The lowest BCUT2D eigenvalue weighted by Crippen LogP contribution is -2.73. The molecule has 0 saturated carbocycles. The highest BCUT2D eigenvalue weighted by atomic mass is 28.4. The molecule has 304 valence electrons. The van der Waals surface area contributed by atoms with Crippen LogP contribution in [0.3, 0.4) is 0 Å². The van der Waals surface area contributed by atoms with Gasteiger partial charge in [-0.25, -0.2) is 0 Å². The molecule has 1 heterocycles. The first-order chi connectivity index (χ1) is 26.2. The molecule has 0 saturated heterocycles. The Kier molecular flexibility index (Phi) is 9.71. The summed E-state index contributed by atoms with van der Waals surface area (Å²) in [5, 5.41) is 43.5. The van der Waals surface area contributed by atoms with Gasteiger partial charge in [0.15, 0.2) is 25.3 Å². The molecule has 0 amide bonds. The van der Waals surface area contributed by atoms with Crippen LogP contribution in [0.15, 0.2) is 22.2 Å². The van der Waals surface area contributed by atoms with Crippen molar-refractivity contribution in [2.75, 3.05) is 20.3 Å². The van der Waals surface area contributed by atoms with Crippen LogP contribution >= 0.6 is 0 Å². The van der Waals surface area contributed by atoms with Gasteiger partial charge in [-0.1, -0.05) is 73.0 Å². The number of benzene rings is 2. The normalized spacial score (nSPS) is 26.6. The topological polar surface area (TPSA) is 158 Å². The van der Waals surface area contributed by atoms with Crippen LogP contribution in [0, 0.1) is 5.41 Å². The molecular formula is C44H59NO10Si. The number of aliphatic hydroxyl groups is 2. The molecule has 12 heteroatoms. The fourth-order valence-corrected chi connectivity index (χ4v) is 10.9. The van der Waals surface area contributed by atoms with Gasteiger partial charge in [0.1, 0.15) is 29.1 Å². The van der Waals surface area contributed by atoms with E-state index in [2.05, 4.69) is 38.9 Å². The summed E-state index contributed by atoms with van der Waals surface area (Å²) < 4.78 is 31.3. The van der Waals surface area contributed by atoms with E-state index < -0.39 is 59.8 Å². The number of phenolic OH excluding ortho intramolecular Hbond substituents is 1. The van der Waals surface area contributed by atoms with Crippen LogP contribution in [0.4, 0.5) is 0 Å². The first-order valence-corrected chi connectivity index (χ1v) is 23.2. The van der Waals surface area contributed by atoms with Crippen molar-refractivity contribution in [2.24, 2.45) is 5.41 Å². The molecular weight excluding hydrogens is 731 g/mol. The fraction of sp³-hybridized carbons (Fsp3) is 0.614. The van der Waals surface area contributed by atoms with Gasteiger partial charge in [0, 0.05) is 34.4 Å². The van der Waals surface area contributed by atoms with E-state index in [1.54, 1.807) is 13.2 Å². The van der Waals surface area contributed by atoms with Crippen molar-refractivity contribution in [1.82, 2.24) is 5.16 Å². The van der Waals surface area contributed by atoms with E-state index in [9.17, 15) is 15.3 Å². The van der Waals surface area contributed by atoms with Crippen LogP contribution in [0.25, 0.3) is 10.8 Å². The fourth-order valence-electron chi connectivity index (χ4n) is 9.69. The van der Waals surface area contributed by atoms with Crippen molar-refractivity contribution in [2.45, 2.75) is 148 Å². The molecule has 3 N–H and O–H groups in total. The maximum Gasteiger partial charge on any atom is 0.260 e. The van der Waals surface area contributed by atoms with E-state index in [1.165, 1.54) is 0 Å².